The average molecular weight is 490 g/mol. The van der Waals surface area contributed by atoms with Gasteiger partial charge in [-0.3, -0.25) is 14.6 Å². The minimum Gasteiger partial charge on any atom is -0.339 e. The molecule has 2 aliphatic rings. The fraction of sp³-hybridized carbons (Fsp3) is 0.367. The highest BCUT2D eigenvalue weighted by Gasteiger charge is 2.35. The van der Waals surface area contributed by atoms with Crippen molar-refractivity contribution in [2.45, 2.75) is 37.9 Å². The van der Waals surface area contributed by atoms with Gasteiger partial charge in [-0.05, 0) is 60.3 Å². The third-order valence-electron chi connectivity index (χ3n) is 7.49. The van der Waals surface area contributed by atoms with E-state index >= 15 is 0 Å². The van der Waals surface area contributed by atoms with Gasteiger partial charge in [-0.1, -0.05) is 61.0 Å². The van der Waals surface area contributed by atoms with Gasteiger partial charge in [0.2, 0.25) is 5.91 Å². The molecule has 188 valence electrons. The van der Waals surface area contributed by atoms with E-state index in [9.17, 15) is 13.6 Å². The van der Waals surface area contributed by atoms with Crippen molar-refractivity contribution < 1.29 is 13.6 Å². The molecule has 0 radical (unpaired) electrons. The number of hydrogen-bond donors (Lipinski definition) is 0. The molecule has 0 aliphatic carbocycles. The lowest BCUT2D eigenvalue weighted by Crippen LogP contribution is -2.56. The molecule has 2 aliphatic heterocycles. The molecular weight excluding hydrogens is 456 g/mol. The summed E-state index contributed by atoms with van der Waals surface area (Å²) in [6.45, 7) is 4.45. The fourth-order valence-corrected chi connectivity index (χ4v) is 5.59. The molecule has 6 heteroatoms. The Morgan fingerprint density at radius 1 is 0.750 bits per heavy atom. The first kappa shape index (κ1) is 24.6. The maximum absolute atomic E-state index is 13.6. The number of carbonyl (C=O) groups excluding carboxylic acids is 1. The van der Waals surface area contributed by atoms with E-state index in [0.29, 0.717) is 26.2 Å². The second kappa shape index (κ2) is 11.3. The minimum absolute atomic E-state index is 0.0736. The highest BCUT2D eigenvalue weighted by molar-refractivity contribution is 5.82. The predicted molar refractivity (Wildman–Crippen MR) is 137 cm³/mol. The Morgan fingerprint density at radius 2 is 1.33 bits per heavy atom. The van der Waals surface area contributed by atoms with Crippen molar-refractivity contribution in [2.24, 2.45) is 0 Å². The van der Waals surface area contributed by atoms with E-state index in [2.05, 4.69) is 21.9 Å². The van der Waals surface area contributed by atoms with Gasteiger partial charge in [-0.25, -0.2) is 8.78 Å². The van der Waals surface area contributed by atoms with Crippen molar-refractivity contribution in [1.82, 2.24) is 14.7 Å². The number of piperazine rings is 1. The molecule has 0 N–H and O–H groups in total. The second-order valence-electron chi connectivity index (χ2n) is 9.83. The van der Waals surface area contributed by atoms with Crippen LogP contribution in [-0.4, -0.2) is 59.4 Å². The summed E-state index contributed by atoms with van der Waals surface area (Å²) in [5.74, 6) is -0.329. The zero-order valence-electron chi connectivity index (χ0n) is 20.5. The van der Waals surface area contributed by atoms with Gasteiger partial charge in [-0.15, -0.1) is 0 Å². The van der Waals surface area contributed by atoms with Gasteiger partial charge in [0.1, 0.15) is 11.6 Å². The molecule has 0 spiro atoms. The topological polar surface area (TPSA) is 26.8 Å². The molecule has 4 nitrogen and oxygen atoms in total. The van der Waals surface area contributed by atoms with Crippen LogP contribution in [0.2, 0.25) is 0 Å². The summed E-state index contributed by atoms with van der Waals surface area (Å²) in [6, 6.07) is 23.2. The lowest BCUT2D eigenvalue weighted by Gasteiger charge is -2.43. The number of rotatable bonds is 6. The summed E-state index contributed by atoms with van der Waals surface area (Å²) in [5, 5.41) is 0. The number of halogens is 2. The van der Waals surface area contributed by atoms with Gasteiger partial charge in [0, 0.05) is 32.7 Å². The molecule has 0 bridgehead atoms. The number of nitrogens with zero attached hydrogens (tertiary/aromatic N) is 3. The maximum Gasteiger partial charge on any atom is 0.240 e. The maximum atomic E-state index is 13.6. The van der Waals surface area contributed by atoms with Crippen LogP contribution in [0.5, 0.6) is 0 Å². The Balaban J connectivity index is 1.28. The van der Waals surface area contributed by atoms with Crippen LogP contribution in [0.1, 0.15) is 42.0 Å². The van der Waals surface area contributed by atoms with E-state index in [1.54, 1.807) is 24.3 Å². The first-order valence-corrected chi connectivity index (χ1v) is 12.9. The van der Waals surface area contributed by atoms with Gasteiger partial charge in [0.05, 0.1) is 12.1 Å². The largest absolute Gasteiger partial charge is 0.339 e. The van der Waals surface area contributed by atoms with Crippen LogP contribution in [-0.2, 0) is 11.3 Å². The third-order valence-corrected chi connectivity index (χ3v) is 7.49. The number of amides is 1. The number of hydrogen-bond acceptors (Lipinski definition) is 3. The highest BCUT2D eigenvalue weighted by atomic mass is 19.1. The Bertz CT molecular complexity index is 1080. The van der Waals surface area contributed by atoms with Crippen molar-refractivity contribution in [2.75, 3.05) is 32.7 Å². The van der Waals surface area contributed by atoms with Gasteiger partial charge in [0.15, 0.2) is 0 Å². The SMILES string of the molecule is O=C(C1CCCCN1Cc1ccccc1)N1CCN(C(c2ccc(F)cc2)c2ccc(F)cc2)CC1. The molecule has 2 heterocycles. The van der Waals surface area contributed by atoms with Gasteiger partial charge < -0.3 is 4.90 Å². The average Bonchev–Trinajstić information content (AvgIpc) is 2.92. The summed E-state index contributed by atoms with van der Waals surface area (Å²) >= 11 is 0. The summed E-state index contributed by atoms with van der Waals surface area (Å²) < 4.78 is 27.2. The molecule has 3 aromatic rings. The summed E-state index contributed by atoms with van der Waals surface area (Å²) in [6.07, 6.45) is 3.11. The van der Waals surface area contributed by atoms with Crippen LogP contribution in [0.15, 0.2) is 78.9 Å². The van der Waals surface area contributed by atoms with E-state index in [0.717, 1.165) is 43.5 Å². The number of carbonyl (C=O) groups is 1. The fourth-order valence-electron chi connectivity index (χ4n) is 5.59. The lowest BCUT2D eigenvalue weighted by atomic mass is 9.96. The normalized spacial score (nSPS) is 19.5. The van der Waals surface area contributed by atoms with E-state index in [-0.39, 0.29) is 29.6 Å². The van der Waals surface area contributed by atoms with Crippen LogP contribution in [0.3, 0.4) is 0 Å². The van der Waals surface area contributed by atoms with Crippen LogP contribution >= 0.6 is 0 Å². The first-order chi connectivity index (χ1) is 17.6. The number of piperidine rings is 1. The van der Waals surface area contributed by atoms with E-state index in [1.165, 1.54) is 29.8 Å². The molecule has 1 unspecified atom stereocenters. The Hall–Kier alpha value is -3.09. The van der Waals surface area contributed by atoms with Crippen LogP contribution in [0, 0.1) is 11.6 Å². The van der Waals surface area contributed by atoms with E-state index in [1.807, 2.05) is 23.1 Å². The highest BCUT2D eigenvalue weighted by Crippen LogP contribution is 2.31. The summed E-state index contributed by atoms with van der Waals surface area (Å²) in [7, 11) is 0. The predicted octanol–water partition coefficient (Wildman–Crippen LogP) is 5.25. The third kappa shape index (κ3) is 5.66. The molecule has 3 aromatic carbocycles. The van der Waals surface area contributed by atoms with Gasteiger partial charge in [0.25, 0.3) is 0 Å². The zero-order valence-corrected chi connectivity index (χ0v) is 20.5. The van der Waals surface area contributed by atoms with E-state index < -0.39 is 0 Å². The number of likely N-dealkylation sites (tertiary alicyclic amines) is 1. The summed E-state index contributed by atoms with van der Waals surface area (Å²) in [5.41, 5.74) is 3.16. The van der Waals surface area contributed by atoms with Gasteiger partial charge in [-0.2, -0.15) is 0 Å². The van der Waals surface area contributed by atoms with Crippen molar-refractivity contribution in [3.8, 4) is 0 Å². The molecule has 36 heavy (non-hydrogen) atoms. The Morgan fingerprint density at radius 3 is 1.92 bits per heavy atom. The van der Waals surface area contributed by atoms with Crippen LogP contribution < -0.4 is 0 Å². The van der Waals surface area contributed by atoms with E-state index in [4.69, 9.17) is 0 Å². The first-order valence-electron chi connectivity index (χ1n) is 12.9. The van der Waals surface area contributed by atoms with Crippen molar-refractivity contribution >= 4 is 5.91 Å². The van der Waals surface area contributed by atoms with Crippen molar-refractivity contribution in [3.63, 3.8) is 0 Å². The quantitative estimate of drug-likeness (QED) is 0.473. The van der Waals surface area contributed by atoms with Crippen LogP contribution in [0.4, 0.5) is 8.78 Å². The molecule has 0 saturated carbocycles. The zero-order chi connectivity index (χ0) is 24.9. The molecule has 5 rings (SSSR count). The molecule has 0 aromatic heterocycles. The standard InChI is InChI=1S/C30H33F2N3O/c31-26-13-9-24(10-14-26)29(25-11-15-27(32)16-12-25)33-18-20-34(21-19-33)30(36)28-8-4-5-17-35(28)22-23-6-2-1-3-7-23/h1-3,6-7,9-16,28-29H,4-5,8,17-22H2. The molecule has 2 fully saturated rings. The number of benzene rings is 3. The molecule has 1 amide bonds. The minimum atomic E-state index is -0.278. The van der Waals surface area contributed by atoms with Crippen molar-refractivity contribution in [1.29, 1.82) is 0 Å². The molecule has 1 atom stereocenters. The van der Waals surface area contributed by atoms with Crippen molar-refractivity contribution in [3.05, 3.63) is 107 Å². The smallest absolute Gasteiger partial charge is 0.240 e. The summed E-state index contributed by atoms with van der Waals surface area (Å²) in [4.78, 5) is 20.3. The monoisotopic (exact) mass is 489 g/mol. The lowest BCUT2D eigenvalue weighted by molar-refractivity contribution is -0.140. The Labute approximate surface area is 212 Å². The van der Waals surface area contributed by atoms with Gasteiger partial charge >= 0.3 is 0 Å². The second-order valence-corrected chi connectivity index (χ2v) is 9.83. The molecular formula is C30H33F2N3O. The molecule has 2 saturated heterocycles. The Kier molecular flexibility index (Phi) is 7.73. The van der Waals surface area contributed by atoms with Crippen LogP contribution in [0.25, 0.3) is 0 Å².